The van der Waals surface area contributed by atoms with Crippen molar-refractivity contribution in [1.29, 1.82) is 0 Å². The SMILES string of the molecule is COc1ccc(N(C)C(=O)C2=C(C)OC=CS2)cc1. The summed E-state index contributed by atoms with van der Waals surface area (Å²) in [6.07, 6.45) is 1.57. The van der Waals surface area contributed by atoms with E-state index in [1.165, 1.54) is 11.8 Å². The van der Waals surface area contributed by atoms with Gasteiger partial charge >= 0.3 is 0 Å². The fourth-order valence-corrected chi connectivity index (χ4v) is 2.34. The number of carbonyl (C=O) groups is 1. The smallest absolute Gasteiger partial charge is 0.268 e. The van der Waals surface area contributed by atoms with Gasteiger partial charge in [-0.3, -0.25) is 4.79 Å². The molecule has 2 rings (SSSR count). The summed E-state index contributed by atoms with van der Waals surface area (Å²) in [6, 6.07) is 7.34. The molecule has 0 unspecified atom stereocenters. The van der Waals surface area contributed by atoms with Crippen LogP contribution in [-0.2, 0) is 9.53 Å². The zero-order chi connectivity index (χ0) is 13.8. The third kappa shape index (κ3) is 2.93. The lowest BCUT2D eigenvalue weighted by Gasteiger charge is -2.20. The van der Waals surface area contributed by atoms with Crippen LogP contribution in [0.2, 0.25) is 0 Å². The minimum absolute atomic E-state index is 0.0861. The first-order valence-corrected chi connectivity index (χ1v) is 6.62. The molecule has 0 radical (unpaired) electrons. The van der Waals surface area contributed by atoms with Gasteiger partial charge in [-0.1, -0.05) is 11.8 Å². The van der Waals surface area contributed by atoms with Crippen LogP contribution >= 0.6 is 11.8 Å². The summed E-state index contributed by atoms with van der Waals surface area (Å²) in [6.45, 7) is 1.78. The minimum atomic E-state index is -0.0861. The number of carbonyl (C=O) groups excluding carboxylic acids is 1. The second kappa shape index (κ2) is 5.84. The number of thioether (sulfide) groups is 1. The number of likely N-dealkylation sites (N-methyl/N-ethyl adjacent to an activating group) is 1. The van der Waals surface area contributed by atoms with E-state index >= 15 is 0 Å². The number of anilines is 1. The molecule has 5 heteroatoms. The number of hydrogen-bond donors (Lipinski definition) is 0. The van der Waals surface area contributed by atoms with Crippen molar-refractivity contribution in [3.05, 3.63) is 46.6 Å². The Balaban J connectivity index is 2.18. The lowest BCUT2D eigenvalue weighted by molar-refractivity contribution is -0.114. The maximum absolute atomic E-state index is 12.4. The number of rotatable bonds is 3. The number of amides is 1. The van der Waals surface area contributed by atoms with Gasteiger partial charge < -0.3 is 14.4 Å². The molecule has 1 amide bonds. The van der Waals surface area contributed by atoms with Gasteiger partial charge in [-0.25, -0.2) is 0 Å². The Bertz CT molecular complexity index is 534. The summed E-state index contributed by atoms with van der Waals surface area (Å²) < 4.78 is 10.3. The second-order valence-corrected chi connectivity index (χ2v) is 4.87. The van der Waals surface area contributed by atoms with E-state index in [4.69, 9.17) is 9.47 Å². The van der Waals surface area contributed by atoms with Crippen molar-refractivity contribution in [2.75, 3.05) is 19.1 Å². The first-order chi connectivity index (χ1) is 9.13. The summed E-state index contributed by atoms with van der Waals surface area (Å²) in [7, 11) is 3.35. The number of nitrogens with zero attached hydrogens (tertiary/aromatic N) is 1. The van der Waals surface area contributed by atoms with Gasteiger partial charge in [0.25, 0.3) is 5.91 Å². The van der Waals surface area contributed by atoms with Gasteiger partial charge in [-0.15, -0.1) is 0 Å². The van der Waals surface area contributed by atoms with Crippen LogP contribution in [0.25, 0.3) is 0 Å². The van der Waals surface area contributed by atoms with Gasteiger partial charge in [0.1, 0.15) is 16.4 Å². The molecule has 0 spiro atoms. The number of ether oxygens (including phenoxy) is 2. The zero-order valence-corrected chi connectivity index (χ0v) is 11.9. The molecule has 1 aliphatic rings. The molecule has 0 atom stereocenters. The highest BCUT2D eigenvalue weighted by atomic mass is 32.2. The first-order valence-electron chi connectivity index (χ1n) is 5.75. The molecule has 1 aliphatic heterocycles. The molecule has 4 nitrogen and oxygen atoms in total. The van der Waals surface area contributed by atoms with Crippen LogP contribution in [0, 0.1) is 0 Å². The Labute approximate surface area is 116 Å². The Morgan fingerprint density at radius 3 is 2.58 bits per heavy atom. The summed E-state index contributed by atoms with van der Waals surface area (Å²) in [5.41, 5.74) is 0.807. The van der Waals surface area contributed by atoms with E-state index in [2.05, 4.69) is 0 Å². The largest absolute Gasteiger partial charge is 0.497 e. The summed E-state index contributed by atoms with van der Waals surface area (Å²) in [4.78, 5) is 14.6. The predicted molar refractivity (Wildman–Crippen MR) is 76.9 cm³/mol. The summed E-state index contributed by atoms with van der Waals surface area (Å²) in [5, 5.41) is 1.75. The molecule has 0 bridgehead atoms. The molecule has 0 aromatic heterocycles. The van der Waals surface area contributed by atoms with E-state index in [9.17, 15) is 4.79 Å². The second-order valence-electron chi connectivity index (χ2n) is 3.96. The highest BCUT2D eigenvalue weighted by molar-refractivity contribution is 8.06. The number of benzene rings is 1. The van der Waals surface area contributed by atoms with E-state index in [-0.39, 0.29) is 5.91 Å². The van der Waals surface area contributed by atoms with E-state index in [1.807, 2.05) is 24.3 Å². The average molecular weight is 277 g/mol. The van der Waals surface area contributed by atoms with Crippen molar-refractivity contribution in [1.82, 2.24) is 0 Å². The van der Waals surface area contributed by atoms with Crippen molar-refractivity contribution in [2.45, 2.75) is 6.92 Å². The number of allylic oxidation sites excluding steroid dienone is 1. The average Bonchev–Trinajstić information content (AvgIpc) is 2.46. The normalized spacial score (nSPS) is 14.1. The minimum Gasteiger partial charge on any atom is -0.497 e. The van der Waals surface area contributed by atoms with Crippen molar-refractivity contribution in [2.24, 2.45) is 0 Å². The maximum Gasteiger partial charge on any atom is 0.268 e. The van der Waals surface area contributed by atoms with Crippen LogP contribution in [0.4, 0.5) is 5.69 Å². The Kier molecular flexibility index (Phi) is 4.16. The lowest BCUT2D eigenvalue weighted by atomic mass is 10.2. The summed E-state index contributed by atoms with van der Waals surface area (Å²) >= 11 is 1.37. The molecule has 1 aromatic carbocycles. The Morgan fingerprint density at radius 1 is 1.32 bits per heavy atom. The van der Waals surface area contributed by atoms with Crippen LogP contribution in [0.3, 0.4) is 0 Å². The predicted octanol–water partition coefficient (Wildman–Crippen LogP) is 3.12. The topological polar surface area (TPSA) is 38.8 Å². The molecular weight excluding hydrogens is 262 g/mol. The molecular formula is C14H15NO3S. The molecule has 0 aliphatic carbocycles. The highest BCUT2D eigenvalue weighted by Gasteiger charge is 2.21. The third-order valence-corrected chi connectivity index (χ3v) is 3.71. The summed E-state index contributed by atoms with van der Waals surface area (Å²) in [5.74, 6) is 1.30. The maximum atomic E-state index is 12.4. The van der Waals surface area contributed by atoms with E-state index < -0.39 is 0 Å². The highest BCUT2D eigenvalue weighted by Crippen LogP contribution is 2.29. The van der Waals surface area contributed by atoms with Gasteiger partial charge in [0.2, 0.25) is 0 Å². The molecule has 19 heavy (non-hydrogen) atoms. The van der Waals surface area contributed by atoms with Gasteiger partial charge in [0.15, 0.2) is 0 Å². The van der Waals surface area contributed by atoms with Crippen LogP contribution in [-0.4, -0.2) is 20.1 Å². The van der Waals surface area contributed by atoms with Gasteiger partial charge in [-0.05, 0) is 31.2 Å². The molecule has 0 N–H and O–H groups in total. The van der Waals surface area contributed by atoms with Crippen LogP contribution in [0.1, 0.15) is 6.92 Å². The quantitative estimate of drug-likeness (QED) is 0.851. The standard InChI is InChI=1S/C14H15NO3S/c1-10-13(19-9-8-18-10)14(16)15(2)11-4-6-12(17-3)7-5-11/h4-9H,1-3H3. The van der Waals surface area contributed by atoms with Gasteiger partial charge in [0, 0.05) is 18.1 Å². The van der Waals surface area contributed by atoms with Crippen LogP contribution < -0.4 is 9.64 Å². The molecule has 0 saturated heterocycles. The first kappa shape index (κ1) is 13.5. The van der Waals surface area contributed by atoms with E-state index in [0.717, 1.165) is 11.4 Å². The monoisotopic (exact) mass is 277 g/mol. The third-order valence-electron chi connectivity index (χ3n) is 2.76. The molecule has 1 aromatic rings. The molecule has 1 heterocycles. The van der Waals surface area contributed by atoms with Crippen molar-refractivity contribution < 1.29 is 14.3 Å². The zero-order valence-electron chi connectivity index (χ0n) is 11.0. The van der Waals surface area contributed by atoms with E-state index in [1.54, 1.807) is 37.7 Å². The fourth-order valence-electron chi connectivity index (χ4n) is 1.64. The van der Waals surface area contributed by atoms with Gasteiger partial charge in [0.05, 0.1) is 13.4 Å². The van der Waals surface area contributed by atoms with Gasteiger partial charge in [-0.2, -0.15) is 0 Å². The molecule has 0 fully saturated rings. The van der Waals surface area contributed by atoms with E-state index in [0.29, 0.717) is 10.7 Å². The van der Waals surface area contributed by atoms with Crippen molar-refractivity contribution in [3.8, 4) is 5.75 Å². The lowest BCUT2D eigenvalue weighted by Crippen LogP contribution is -2.27. The fraction of sp³-hybridized carbons (Fsp3) is 0.214. The molecule has 0 saturated carbocycles. The van der Waals surface area contributed by atoms with Crippen LogP contribution in [0.5, 0.6) is 5.75 Å². The Hall–Kier alpha value is -1.88. The number of methoxy groups -OCH3 is 1. The molecule has 100 valence electrons. The van der Waals surface area contributed by atoms with Crippen LogP contribution in [0.15, 0.2) is 46.6 Å². The number of hydrogen-bond acceptors (Lipinski definition) is 4. The van der Waals surface area contributed by atoms with Crippen molar-refractivity contribution >= 4 is 23.4 Å². The van der Waals surface area contributed by atoms with Crippen molar-refractivity contribution in [3.63, 3.8) is 0 Å². The Morgan fingerprint density at radius 2 is 2.00 bits per heavy atom.